The second kappa shape index (κ2) is 3.76. The summed E-state index contributed by atoms with van der Waals surface area (Å²) in [6, 6.07) is 5.86. The Labute approximate surface area is 67.0 Å². The highest BCUT2D eigenvalue weighted by molar-refractivity contribution is 5.46. The Morgan fingerprint density at radius 3 is 2.91 bits per heavy atom. The highest BCUT2D eigenvalue weighted by Gasteiger charge is 1.86. The first kappa shape index (κ1) is 7.79. The fourth-order valence-corrected chi connectivity index (χ4v) is 0.755. The van der Waals surface area contributed by atoms with Crippen LogP contribution >= 0.6 is 0 Å². The standard InChI is InChI=1S/C9H12N2/c1-8(10-2)7-9-5-3-4-6-11-9/h3-7,10H,1-2H3. The molecule has 58 valence electrons. The molecule has 1 aromatic heterocycles. The molecular weight excluding hydrogens is 136 g/mol. The molecule has 0 unspecified atom stereocenters. The number of hydrogen-bond acceptors (Lipinski definition) is 2. The van der Waals surface area contributed by atoms with Crippen LogP contribution in [-0.4, -0.2) is 12.0 Å². The summed E-state index contributed by atoms with van der Waals surface area (Å²) < 4.78 is 0. The fourth-order valence-electron chi connectivity index (χ4n) is 0.755. The monoisotopic (exact) mass is 148 g/mol. The number of aromatic nitrogens is 1. The third-order valence-corrected chi connectivity index (χ3v) is 1.45. The Kier molecular flexibility index (Phi) is 2.66. The van der Waals surface area contributed by atoms with E-state index >= 15 is 0 Å². The molecule has 0 aliphatic heterocycles. The number of hydrogen-bond donors (Lipinski definition) is 1. The van der Waals surface area contributed by atoms with Gasteiger partial charge in [0.05, 0.1) is 5.69 Å². The summed E-state index contributed by atoms with van der Waals surface area (Å²) in [4.78, 5) is 4.15. The summed E-state index contributed by atoms with van der Waals surface area (Å²) in [6.07, 6.45) is 3.79. The SMILES string of the molecule is CNC(C)=Cc1ccccn1. The second-order valence-electron chi connectivity index (χ2n) is 2.33. The number of rotatable bonds is 2. The zero-order valence-corrected chi connectivity index (χ0v) is 6.83. The average Bonchev–Trinajstić information content (AvgIpc) is 2.06. The van der Waals surface area contributed by atoms with Crippen molar-refractivity contribution in [2.75, 3.05) is 7.05 Å². The molecule has 0 aliphatic carbocycles. The zero-order chi connectivity index (χ0) is 8.10. The number of pyridine rings is 1. The average molecular weight is 148 g/mol. The lowest BCUT2D eigenvalue weighted by Crippen LogP contribution is -2.00. The lowest BCUT2D eigenvalue weighted by atomic mass is 10.3. The first-order valence-electron chi connectivity index (χ1n) is 3.60. The molecule has 1 aromatic rings. The van der Waals surface area contributed by atoms with Crippen molar-refractivity contribution in [1.82, 2.24) is 10.3 Å². The smallest absolute Gasteiger partial charge is 0.0646 e. The zero-order valence-electron chi connectivity index (χ0n) is 6.83. The molecule has 0 saturated heterocycles. The number of nitrogens with zero attached hydrogens (tertiary/aromatic N) is 1. The van der Waals surface area contributed by atoms with E-state index in [1.807, 2.05) is 38.2 Å². The van der Waals surface area contributed by atoms with E-state index < -0.39 is 0 Å². The van der Waals surface area contributed by atoms with E-state index in [2.05, 4.69) is 10.3 Å². The van der Waals surface area contributed by atoms with Gasteiger partial charge in [0.1, 0.15) is 0 Å². The second-order valence-corrected chi connectivity index (χ2v) is 2.33. The van der Waals surface area contributed by atoms with Gasteiger partial charge in [-0.25, -0.2) is 0 Å². The van der Waals surface area contributed by atoms with Crippen LogP contribution in [0, 0.1) is 0 Å². The van der Waals surface area contributed by atoms with Crippen LogP contribution in [0.25, 0.3) is 6.08 Å². The third-order valence-electron chi connectivity index (χ3n) is 1.45. The van der Waals surface area contributed by atoms with Gasteiger partial charge in [-0.2, -0.15) is 0 Å². The number of nitrogens with one attached hydrogen (secondary N) is 1. The summed E-state index contributed by atoms with van der Waals surface area (Å²) in [7, 11) is 1.90. The van der Waals surface area contributed by atoms with E-state index in [4.69, 9.17) is 0 Å². The van der Waals surface area contributed by atoms with Gasteiger partial charge < -0.3 is 5.32 Å². The van der Waals surface area contributed by atoms with Crippen LogP contribution in [0.1, 0.15) is 12.6 Å². The summed E-state index contributed by atoms with van der Waals surface area (Å²) in [5, 5.41) is 3.03. The Morgan fingerprint density at radius 2 is 2.36 bits per heavy atom. The van der Waals surface area contributed by atoms with Gasteiger partial charge in [0.25, 0.3) is 0 Å². The van der Waals surface area contributed by atoms with Crippen LogP contribution in [0.4, 0.5) is 0 Å². The summed E-state index contributed by atoms with van der Waals surface area (Å²) in [6.45, 7) is 2.01. The van der Waals surface area contributed by atoms with Crippen molar-refractivity contribution in [2.24, 2.45) is 0 Å². The molecule has 1 heterocycles. The maximum atomic E-state index is 4.15. The van der Waals surface area contributed by atoms with Crippen LogP contribution < -0.4 is 5.32 Å². The first-order valence-corrected chi connectivity index (χ1v) is 3.60. The van der Waals surface area contributed by atoms with Crippen molar-refractivity contribution in [3.05, 3.63) is 35.8 Å². The van der Waals surface area contributed by atoms with E-state index in [1.54, 1.807) is 6.20 Å². The fraction of sp³-hybridized carbons (Fsp3) is 0.222. The van der Waals surface area contributed by atoms with E-state index in [9.17, 15) is 0 Å². The molecule has 0 aromatic carbocycles. The van der Waals surface area contributed by atoms with Crippen molar-refractivity contribution in [3.8, 4) is 0 Å². The Balaban J connectivity index is 2.79. The van der Waals surface area contributed by atoms with Gasteiger partial charge in [0.15, 0.2) is 0 Å². The normalized spacial score (nSPS) is 11.3. The molecule has 0 amide bonds. The summed E-state index contributed by atoms with van der Waals surface area (Å²) in [5.41, 5.74) is 2.10. The molecule has 0 saturated carbocycles. The van der Waals surface area contributed by atoms with Gasteiger partial charge in [0.2, 0.25) is 0 Å². The van der Waals surface area contributed by atoms with Crippen LogP contribution in [0.3, 0.4) is 0 Å². The highest BCUT2D eigenvalue weighted by Crippen LogP contribution is 1.98. The predicted octanol–water partition coefficient (Wildman–Crippen LogP) is 1.66. The van der Waals surface area contributed by atoms with Crippen molar-refractivity contribution in [1.29, 1.82) is 0 Å². The Bertz CT molecular complexity index is 239. The van der Waals surface area contributed by atoms with Gasteiger partial charge in [-0.05, 0) is 25.1 Å². The molecule has 2 nitrogen and oxygen atoms in total. The predicted molar refractivity (Wildman–Crippen MR) is 46.9 cm³/mol. The van der Waals surface area contributed by atoms with Crippen LogP contribution in [0.5, 0.6) is 0 Å². The van der Waals surface area contributed by atoms with Gasteiger partial charge in [0, 0.05) is 18.9 Å². The molecule has 0 fully saturated rings. The lowest BCUT2D eigenvalue weighted by molar-refractivity contribution is 1.000. The number of allylic oxidation sites excluding steroid dienone is 1. The molecule has 1 N–H and O–H groups in total. The van der Waals surface area contributed by atoms with Gasteiger partial charge in [-0.3, -0.25) is 4.98 Å². The van der Waals surface area contributed by atoms with E-state index in [0.717, 1.165) is 11.4 Å². The minimum atomic E-state index is 0.986. The van der Waals surface area contributed by atoms with Crippen molar-refractivity contribution in [2.45, 2.75) is 6.92 Å². The molecule has 0 bridgehead atoms. The molecule has 0 spiro atoms. The topological polar surface area (TPSA) is 24.9 Å². The maximum absolute atomic E-state index is 4.15. The summed E-state index contributed by atoms with van der Waals surface area (Å²) in [5.74, 6) is 0. The minimum Gasteiger partial charge on any atom is -0.392 e. The maximum Gasteiger partial charge on any atom is 0.0646 e. The van der Waals surface area contributed by atoms with Crippen molar-refractivity contribution >= 4 is 6.08 Å². The highest BCUT2D eigenvalue weighted by atomic mass is 14.8. The quantitative estimate of drug-likeness (QED) is 0.690. The van der Waals surface area contributed by atoms with Gasteiger partial charge in [-0.15, -0.1) is 0 Å². The van der Waals surface area contributed by atoms with Gasteiger partial charge >= 0.3 is 0 Å². The molecule has 2 heteroatoms. The van der Waals surface area contributed by atoms with Crippen LogP contribution in [-0.2, 0) is 0 Å². The van der Waals surface area contributed by atoms with E-state index in [1.165, 1.54) is 0 Å². The molecule has 0 radical (unpaired) electrons. The van der Waals surface area contributed by atoms with Gasteiger partial charge in [-0.1, -0.05) is 6.07 Å². The Hall–Kier alpha value is -1.31. The minimum absolute atomic E-state index is 0.986. The summed E-state index contributed by atoms with van der Waals surface area (Å²) >= 11 is 0. The molecular formula is C9H12N2. The Morgan fingerprint density at radius 1 is 1.55 bits per heavy atom. The van der Waals surface area contributed by atoms with Crippen molar-refractivity contribution < 1.29 is 0 Å². The lowest BCUT2D eigenvalue weighted by Gasteiger charge is -1.97. The first-order chi connectivity index (χ1) is 5.33. The molecule has 1 rings (SSSR count). The van der Waals surface area contributed by atoms with Crippen molar-refractivity contribution in [3.63, 3.8) is 0 Å². The van der Waals surface area contributed by atoms with Crippen LogP contribution in [0.15, 0.2) is 30.1 Å². The van der Waals surface area contributed by atoms with E-state index in [0.29, 0.717) is 0 Å². The molecule has 0 atom stereocenters. The largest absolute Gasteiger partial charge is 0.392 e. The third kappa shape index (κ3) is 2.42. The van der Waals surface area contributed by atoms with Crippen LogP contribution in [0.2, 0.25) is 0 Å². The molecule has 11 heavy (non-hydrogen) atoms. The van der Waals surface area contributed by atoms with E-state index in [-0.39, 0.29) is 0 Å². The molecule has 0 aliphatic rings.